The van der Waals surface area contributed by atoms with Crippen LogP contribution in [0.3, 0.4) is 0 Å². The van der Waals surface area contributed by atoms with Crippen LogP contribution in [-0.2, 0) is 6.54 Å². The summed E-state index contributed by atoms with van der Waals surface area (Å²) < 4.78 is 0. The van der Waals surface area contributed by atoms with Crippen molar-refractivity contribution in [2.75, 3.05) is 11.9 Å². The molecule has 0 bridgehead atoms. The van der Waals surface area contributed by atoms with Crippen molar-refractivity contribution in [3.05, 3.63) is 64.2 Å². The molecule has 0 atom stereocenters. The van der Waals surface area contributed by atoms with E-state index in [1.165, 1.54) is 11.1 Å². The van der Waals surface area contributed by atoms with Crippen LogP contribution < -0.4 is 10.6 Å². The van der Waals surface area contributed by atoms with Gasteiger partial charge in [-0.25, -0.2) is 0 Å². The Morgan fingerprint density at radius 2 is 1.95 bits per heavy atom. The maximum atomic E-state index is 7.68. The van der Waals surface area contributed by atoms with Crippen molar-refractivity contribution in [3.63, 3.8) is 0 Å². The van der Waals surface area contributed by atoms with Crippen molar-refractivity contribution >= 4 is 23.1 Å². The molecule has 2 aromatic rings. The zero-order valence-corrected chi connectivity index (χ0v) is 12.4. The van der Waals surface area contributed by atoms with Gasteiger partial charge in [-0.05, 0) is 36.2 Å². The third kappa shape index (κ3) is 3.11. The molecule has 3 N–H and O–H groups in total. The Morgan fingerprint density at radius 1 is 1.25 bits per heavy atom. The largest absolute Gasteiger partial charge is 0.384 e. The number of nitrogens with zero attached hydrogens (tertiary/aromatic N) is 1. The van der Waals surface area contributed by atoms with Gasteiger partial charge in [-0.3, -0.25) is 5.41 Å². The van der Waals surface area contributed by atoms with Gasteiger partial charge in [-0.2, -0.15) is 0 Å². The Balaban J connectivity index is 2.32. The molecular weight excluding hydrogens is 270 g/mol. The number of aryl methyl sites for hydroxylation is 1. The lowest BCUT2D eigenvalue weighted by Crippen LogP contribution is -2.22. The van der Waals surface area contributed by atoms with E-state index in [2.05, 4.69) is 24.0 Å². The predicted octanol–water partition coefficient (Wildman–Crippen LogP) is 3.57. The van der Waals surface area contributed by atoms with Crippen molar-refractivity contribution in [1.82, 2.24) is 0 Å². The van der Waals surface area contributed by atoms with E-state index in [1.807, 2.05) is 31.3 Å². The standard InChI is InChI=1S/C16H18ClN3/c1-11-5-3-4-6-12(11)10-20(2)15-8-7-13(17)9-14(15)16(18)19/h3-9H,10H2,1-2H3,(H3,18,19). The summed E-state index contributed by atoms with van der Waals surface area (Å²) in [7, 11) is 1.99. The normalized spacial score (nSPS) is 10.3. The van der Waals surface area contributed by atoms with E-state index < -0.39 is 0 Å². The van der Waals surface area contributed by atoms with Crippen molar-refractivity contribution in [2.45, 2.75) is 13.5 Å². The minimum absolute atomic E-state index is 0.0270. The fourth-order valence-corrected chi connectivity index (χ4v) is 2.36. The van der Waals surface area contributed by atoms with E-state index in [0.29, 0.717) is 10.6 Å². The molecule has 0 saturated heterocycles. The monoisotopic (exact) mass is 287 g/mol. The van der Waals surface area contributed by atoms with Crippen molar-refractivity contribution in [1.29, 1.82) is 5.41 Å². The van der Waals surface area contributed by atoms with Crippen molar-refractivity contribution < 1.29 is 0 Å². The molecule has 0 unspecified atom stereocenters. The van der Waals surface area contributed by atoms with Gasteiger partial charge in [0, 0.05) is 29.9 Å². The Labute approximate surface area is 124 Å². The lowest BCUT2D eigenvalue weighted by Gasteiger charge is -2.23. The number of halogens is 1. The molecule has 0 aliphatic heterocycles. The molecule has 0 radical (unpaired) electrons. The highest BCUT2D eigenvalue weighted by Crippen LogP contribution is 2.25. The summed E-state index contributed by atoms with van der Waals surface area (Å²) in [4.78, 5) is 2.08. The second kappa shape index (κ2) is 5.97. The smallest absolute Gasteiger partial charge is 0.124 e. The SMILES string of the molecule is Cc1ccccc1CN(C)c1ccc(Cl)cc1C(=N)N. The number of benzene rings is 2. The molecule has 0 amide bonds. The number of hydrogen-bond donors (Lipinski definition) is 2. The Morgan fingerprint density at radius 3 is 2.60 bits per heavy atom. The molecule has 0 saturated carbocycles. The summed E-state index contributed by atoms with van der Waals surface area (Å²) in [6.07, 6.45) is 0. The van der Waals surface area contributed by atoms with Gasteiger partial charge in [-0.1, -0.05) is 35.9 Å². The first-order valence-electron chi connectivity index (χ1n) is 6.38. The number of nitrogens with one attached hydrogen (secondary N) is 1. The third-order valence-electron chi connectivity index (χ3n) is 3.33. The number of amidine groups is 1. The highest BCUT2D eigenvalue weighted by atomic mass is 35.5. The van der Waals surface area contributed by atoms with Crippen LogP contribution in [0, 0.1) is 12.3 Å². The summed E-state index contributed by atoms with van der Waals surface area (Å²) in [6.45, 7) is 2.85. The van der Waals surface area contributed by atoms with Gasteiger partial charge in [0.15, 0.2) is 0 Å². The fourth-order valence-electron chi connectivity index (χ4n) is 2.19. The number of hydrogen-bond acceptors (Lipinski definition) is 2. The van der Waals surface area contributed by atoms with Crippen molar-refractivity contribution in [3.8, 4) is 0 Å². The van der Waals surface area contributed by atoms with Gasteiger partial charge in [0.2, 0.25) is 0 Å². The molecule has 0 heterocycles. The van der Waals surface area contributed by atoms with E-state index in [1.54, 1.807) is 6.07 Å². The molecule has 0 fully saturated rings. The molecule has 2 aromatic carbocycles. The number of anilines is 1. The van der Waals surface area contributed by atoms with E-state index >= 15 is 0 Å². The maximum Gasteiger partial charge on any atom is 0.124 e. The molecule has 0 aliphatic rings. The van der Waals surface area contributed by atoms with Gasteiger partial charge >= 0.3 is 0 Å². The second-order valence-electron chi connectivity index (χ2n) is 4.86. The topological polar surface area (TPSA) is 53.1 Å². The summed E-state index contributed by atoms with van der Waals surface area (Å²) >= 11 is 5.98. The number of rotatable bonds is 4. The molecular formula is C16H18ClN3. The molecule has 0 spiro atoms. The van der Waals surface area contributed by atoms with Gasteiger partial charge in [0.05, 0.1) is 0 Å². The Bertz CT molecular complexity index is 637. The second-order valence-corrected chi connectivity index (χ2v) is 5.29. The fraction of sp³-hybridized carbons (Fsp3) is 0.188. The highest BCUT2D eigenvalue weighted by Gasteiger charge is 2.11. The van der Waals surface area contributed by atoms with E-state index in [0.717, 1.165) is 12.2 Å². The van der Waals surface area contributed by atoms with E-state index in [4.69, 9.17) is 22.7 Å². The van der Waals surface area contributed by atoms with E-state index in [9.17, 15) is 0 Å². The summed E-state index contributed by atoms with van der Waals surface area (Å²) in [6, 6.07) is 13.7. The zero-order valence-electron chi connectivity index (χ0n) is 11.7. The average molecular weight is 288 g/mol. The molecule has 20 heavy (non-hydrogen) atoms. The molecule has 3 nitrogen and oxygen atoms in total. The minimum atomic E-state index is 0.0270. The maximum absolute atomic E-state index is 7.68. The average Bonchev–Trinajstić information content (AvgIpc) is 2.41. The minimum Gasteiger partial charge on any atom is -0.384 e. The summed E-state index contributed by atoms with van der Waals surface area (Å²) in [5.74, 6) is 0.0270. The zero-order chi connectivity index (χ0) is 14.7. The molecule has 0 aliphatic carbocycles. The first-order valence-corrected chi connectivity index (χ1v) is 6.76. The van der Waals surface area contributed by atoms with Crippen LogP contribution in [0.5, 0.6) is 0 Å². The van der Waals surface area contributed by atoms with Gasteiger partial charge in [-0.15, -0.1) is 0 Å². The van der Waals surface area contributed by atoms with Gasteiger partial charge < -0.3 is 10.6 Å². The molecule has 4 heteroatoms. The van der Waals surface area contributed by atoms with Crippen LogP contribution in [0.25, 0.3) is 0 Å². The quantitative estimate of drug-likeness (QED) is 0.667. The van der Waals surface area contributed by atoms with Gasteiger partial charge in [0.1, 0.15) is 5.84 Å². The number of nitrogen functional groups attached to an aromatic ring is 1. The molecule has 104 valence electrons. The first kappa shape index (κ1) is 14.4. The van der Waals surface area contributed by atoms with Crippen LogP contribution in [0.4, 0.5) is 5.69 Å². The van der Waals surface area contributed by atoms with Crippen molar-refractivity contribution in [2.24, 2.45) is 5.73 Å². The van der Waals surface area contributed by atoms with E-state index in [-0.39, 0.29) is 5.84 Å². The third-order valence-corrected chi connectivity index (χ3v) is 3.56. The lowest BCUT2D eigenvalue weighted by molar-refractivity contribution is 0.912. The van der Waals surface area contributed by atoms with Crippen LogP contribution in [0.2, 0.25) is 5.02 Å². The van der Waals surface area contributed by atoms with Crippen LogP contribution in [0.15, 0.2) is 42.5 Å². The van der Waals surface area contributed by atoms with Crippen LogP contribution in [0.1, 0.15) is 16.7 Å². The van der Waals surface area contributed by atoms with Crippen LogP contribution >= 0.6 is 11.6 Å². The molecule has 2 rings (SSSR count). The Hall–Kier alpha value is -2.00. The van der Waals surface area contributed by atoms with Crippen LogP contribution in [-0.4, -0.2) is 12.9 Å². The lowest BCUT2D eigenvalue weighted by atomic mass is 10.1. The highest BCUT2D eigenvalue weighted by molar-refractivity contribution is 6.31. The molecule has 0 aromatic heterocycles. The predicted molar refractivity (Wildman–Crippen MR) is 85.8 cm³/mol. The first-order chi connectivity index (χ1) is 9.49. The van der Waals surface area contributed by atoms with Gasteiger partial charge in [0.25, 0.3) is 0 Å². The summed E-state index contributed by atoms with van der Waals surface area (Å²) in [5, 5.41) is 8.27. The number of nitrogens with two attached hydrogens (primary N) is 1. The Kier molecular flexibility index (Phi) is 4.30. The summed E-state index contributed by atoms with van der Waals surface area (Å²) in [5.41, 5.74) is 9.71.